The summed E-state index contributed by atoms with van der Waals surface area (Å²) >= 11 is 6.29. The Balaban J connectivity index is 2.31. The maximum Gasteiger partial charge on any atom is 0.254 e. The molecule has 0 saturated carbocycles. The number of nitrogens with one attached hydrogen (secondary N) is 1. The second-order valence-electron chi connectivity index (χ2n) is 5.71. The third-order valence-corrected chi connectivity index (χ3v) is 3.87. The number of carbonyl (C=O) groups is 1. The third kappa shape index (κ3) is 3.65. The monoisotopic (exact) mass is 326 g/mol. The summed E-state index contributed by atoms with van der Waals surface area (Å²) in [5.41, 5.74) is 0.520. The molecule has 2 rings (SSSR count). The average molecular weight is 327 g/mol. The minimum atomic E-state index is -0.0368. The lowest BCUT2D eigenvalue weighted by Gasteiger charge is -2.34. The van der Waals surface area contributed by atoms with E-state index in [-0.39, 0.29) is 18.1 Å². The molecular weight excluding hydrogens is 304 g/mol. The van der Waals surface area contributed by atoms with Gasteiger partial charge in [0.1, 0.15) is 0 Å². The van der Waals surface area contributed by atoms with E-state index in [9.17, 15) is 4.79 Å². The van der Waals surface area contributed by atoms with Gasteiger partial charge >= 0.3 is 0 Å². The van der Waals surface area contributed by atoms with Crippen LogP contribution in [-0.4, -0.2) is 49.7 Å². The molecule has 1 fully saturated rings. The molecule has 1 saturated heterocycles. The van der Waals surface area contributed by atoms with Gasteiger partial charge < -0.3 is 19.7 Å². The predicted octanol–water partition coefficient (Wildman–Crippen LogP) is 2.57. The molecule has 1 aliphatic rings. The molecule has 22 heavy (non-hydrogen) atoms. The number of nitrogens with zero attached hydrogens (tertiary/aromatic N) is 1. The van der Waals surface area contributed by atoms with Crippen LogP contribution in [0.1, 0.15) is 31.1 Å². The number of benzene rings is 1. The molecule has 1 amide bonds. The van der Waals surface area contributed by atoms with Crippen LogP contribution in [0.25, 0.3) is 0 Å². The quantitative estimate of drug-likeness (QED) is 0.924. The van der Waals surface area contributed by atoms with E-state index in [2.05, 4.69) is 5.32 Å². The second-order valence-corrected chi connectivity index (χ2v) is 6.11. The maximum absolute atomic E-state index is 12.7. The lowest BCUT2D eigenvalue weighted by molar-refractivity contribution is 0.0655. The molecule has 1 atom stereocenters. The van der Waals surface area contributed by atoms with Crippen molar-refractivity contribution in [2.24, 2.45) is 0 Å². The highest BCUT2D eigenvalue weighted by molar-refractivity contribution is 6.32. The van der Waals surface area contributed by atoms with Gasteiger partial charge in [-0.3, -0.25) is 4.79 Å². The van der Waals surface area contributed by atoms with Crippen molar-refractivity contribution >= 4 is 17.5 Å². The van der Waals surface area contributed by atoms with Crippen molar-refractivity contribution < 1.29 is 14.3 Å². The molecule has 0 spiro atoms. The molecule has 6 heteroatoms. The van der Waals surface area contributed by atoms with Crippen LogP contribution >= 0.6 is 11.6 Å². The predicted molar refractivity (Wildman–Crippen MR) is 87.1 cm³/mol. The van der Waals surface area contributed by atoms with Crippen LogP contribution in [0.3, 0.4) is 0 Å². The number of carbonyl (C=O) groups excluding carboxylic acids is 1. The largest absolute Gasteiger partial charge is 0.493 e. The van der Waals surface area contributed by atoms with Gasteiger partial charge in [0, 0.05) is 31.2 Å². The van der Waals surface area contributed by atoms with E-state index in [1.54, 1.807) is 19.2 Å². The molecule has 1 heterocycles. The Hall–Kier alpha value is -1.46. The molecule has 0 bridgehead atoms. The Bertz CT molecular complexity index is 548. The smallest absolute Gasteiger partial charge is 0.254 e. The zero-order valence-electron chi connectivity index (χ0n) is 13.5. The van der Waals surface area contributed by atoms with Gasteiger partial charge in [-0.2, -0.15) is 0 Å². The first-order chi connectivity index (χ1) is 10.4. The minimum Gasteiger partial charge on any atom is -0.493 e. The lowest BCUT2D eigenvalue weighted by atomic mass is 10.1. The van der Waals surface area contributed by atoms with E-state index in [1.807, 2.05) is 25.7 Å². The number of ether oxygens (including phenoxy) is 2. The summed E-state index contributed by atoms with van der Waals surface area (Å²) in [5.74, 6) is 0.918. The van der Waals surface area contributed by atoms with Crippen LogP contribution in [0.4, 0.5) is 0 Å². The van der Waals surface area contributed by atoms with Crippen molar-refractivity contribution in [2.75, 3.05) is 26.7 Å². The highest BCUT2D eigenvalue weighted by Crippen LogP contribution is 2.37. The zero-order valence-corrected chi connectivity index (χ0v) is 14.2. The molecule has 1 N–H and O–H groups in total. The molecule has 0 aliphatic carbocycles. The van der Waals surface area contributed by atoms with Gasteiger partial charge in [-0.1, -0.05) is 11.6 Å². The van der Waals surface area contributed by atoms with Crippen LogP contribution in [-0.2, 0) is 0 Å². The highest BCUT2D eigenvalue weighted by Gasteiger charge is 2.26. The van der Waals surface area contributed by atoms with Crippen molar-refractivity contribution in [3.8, 4) is 11.5 Å². The van der Waals surface area contributed by atoms with Gasteiger partial charge in [0.15, 0.2) is 11.5 Å². The Morgan fingerprint density at radius 1 is 1.45 bits per heavy atom. The molecule has 122 valence electrons. The number of hydrogen-bond donors (Lipinski definition) is 1. The number of hydrogen-bond acceptors (Lipinski definition) is 4. The van der Waals surface area contributed by atoms with E-state index in [0.29, 0.717) is 28.6 Å². The van der Waals surface area contributed by atoms with Crippen LogP contribution in [0.2, 0.25) is 5.02 Å². The van der Waals surface area contributed by atoms with E-state index in [1.165, 1.54) is 0 Å². The average Bonchev–Trinajstić information content (AvgIpc) is 2.48. The number of piperazine rings is 1. The van der Waals surface area contributed by atoms with Crippen LogP contribution < -0.4 is 14.8 Å². The summed E-state index contributed by atoms with van der Waals surface area (Å²) in [4.78, 5) is 14.6. The van der Waals surface area contributed by atoms with Crippen molar-refractivity contribution in [3.63, 3.8) is 0 Å². The Kier molecular flexibility index (Phi) is 5.53. The summed E-state index contributed by atoms with van der Waals surface area (Å²) < 4.78 is 11.0. The lowest BCUT2D eigenvalue weighted by Crippen LogP contribution is -2.52. The molecule has 0 radical (unpaired) electrons. The first-order valence-corrected chi connectivity index (χ1v) is 7.87. The highest BCUT2D eigenvalue weighted by atomic mass is 35.5. The van der Waals surface area contributed by atoms with Gasteiger partial charge in [0.25, 0.3) is 5.91 Å². The number of amides is 1. The van der Waals surface area contributed by atoms with Crippen molar-refractivity contribution in [1.29, 1.82) is 0 Å². The minimum absolute atomic E-state index is 0.0267. The standard InChI is InChI=1S/C16H23ClN2O3/c1-10(2)22-15-13(17)7-12(8-14(15)21-4)16(20)19-6-5-18-9-11(19)3/h7-8,10-11,18H,5-6,9H2,1-4H3/t11-/m1/s1. The van der Waals surface area contributed by atoms with Crippen molar-refractivity contribution in [2.45, 2.75) is 32.9 Å². The van der Waals surface area contributed by atoms with Gasteiger partial charge in [-0.05, 0) is 32.9 Å². The van der Waals surface area contributed by atoms with E-state index >= 15 is 0 Å². The molecule has 0 aromatic heterocycles. The Labute approximate surface area is 136 Å². The van der Waals surface area contributed by atoms with Gasteiger partial charge in [0.2, 0.25) is 0 Å². The summed E-state index contributed by atoms with van der Waals surface area (Å²) in [6.07, 6.45) is -0.0267. The maximum atomic E-state index is 12.7. The van der Waals surface area contributed by atoms with Gasteiger partial charge in [0.05, 0.1) is 18.2 Å². The molecule has 0 unspecified atom stereocenters. The van der Waals surface area contributed by atoms with E-state index < -0.39 is 0 Å². The molecule has 1 aromatic carbocycles. The van der Waals surface area contributed by atoms with Crippen LogP contribution in [0.5, 0.6) is 11.5 Å². The number of methoxy groups -OCH3 is 1. The summed E-state index contributed by atoms with van der Waals surface area (Å²) in [7, 11) is 1.54. The van der Waals surface area contributed by atoms with Crippen molar-refractivity contribution in [3.05, 3.63) is 22.7 Å². The van der Waals surface area contributed by atoms with E-state index in [4.69, 9.17) is 21.1 Å². The molecule has 1 aliphatic heterocycles. The van der Waals surface area contributed by atoms with Crippen LogP contribution in [0, 0.1) is 0 Å². The Morgan fingerprint density at radius 2 is 2.18 bits per heavy atom. The number of halogens is 1. The fourth-order valence-electron chi connectivity index (χ4n) is 2.50. The first kappa shape index (κ1) is 16.9. The zero-order chi connectivity index (χ0) is 16.3. The molecule has 5 nitrogen and oxygen atoms in total. The second kappa shape index (κ2) is 7.20. The third-order valence-electron chi connectivity index (χ3n) is 3.59. The molecular formula is C16H23ClN2O3. The molecule has 1 aromatic rings. The van der Waals surface area contributed by atoms with Crippen molar-refractivity contribution in [1.82, 2.24) is 10.2 Å². The fraction of sp³-hybridized carbons (Fsp3) is 0.562. The summed E-state index contributed by atoms with van der Waals surface area (Å²) in [5, 5.41) is 3.66. The Morgan fingerprint density at radius 3 is 2.77 bits per heavy atom. The summed E-state index contributed by atoms with van der Waals surface area (Å²) in [6.45, 7) is 8.14. The normalized spacial score (nSPS) is 18.5. The fourth-order valence-corrected chi connectivity index (χ4v) is 2.76. The van der Waals surface area contributed by atoms with E-state index in [0.717, 1.165) is 13.1 Å². The van der Waals surface area contributed by atoms with Gasteiger partial charge in [-0.25, -0.2) is 0 Å². The number of rotatable bonds is 4. The van der Waals surface area contributed by atoms with Gasteiger partial charge in [-0.15, -0.1) is 0 Å². The first-order valence-electron chi connectivity index (χ1n) is 7.50. The summed E-state index contributed by atoms with van der Waals surface area (Å²) in [6, 6.07) is 3.50. The SMILES string of the molecule is COc1cc(C(=O)N2CCNC[C@H]2C)cc(Cl)c1OC(C)C. The topological polar surface area (TPSA) is 50.8 Å². The van der Waals surface area contributed by atoms with Crippen LogP contribution in [0.15, 0.2) is 12.1 Å².